The van der Waals surface area contributed by atoms with Crippen LogP contribution in [0.5, 0.6) is 0 Å². The summed E-state index contributed by atoms with van der Waals surface area (Å²) >= 11 is 0. The number of aromatic nitrogens is 2. The number of fused-ring (bicyclic) bond motifs is 1. The van der Waals surface area contributed by atoms with Gasteiger partial charge in [-0.25, -0.2) is 4.79 Å². The molecule has 0 aliphatic carbocycles. The van der Waals surface area contributed by atoms with Crippen molar-refractivity contribution in [2.45, 2.75) is 6.04 Å². The Bertz CT molecular complexity index is 506. The van der Waals surface area contributed by atoms with Gasteiger partial charge in [0.15, 0.2) is 0 Å². The van der Waals surface area contributed by atoms with Crippen molar-refractivity contribution in [1.82, 2.24) is 20.2 Å². The maximum Gasteiger partial charge on any atom is 0.317 e. The molecule has 8 nitrogen and oxygen atoms in total. The van der Waals surface area contributed by atoms with Crippen LogP contribution in [0.25, 0.3) is 0 Å². The number of nitrogen functional groups attached to an aromatic ring is 1. The van der Waals surface area contributed by atoms with Crippen LogP contribution < -0.4 is 21.3 Å². The van der Waals surface area contributed by atoms with E-state index in [2.05, 4.69) is 25.5 Å². The summed E-state index contributed by atoms with van der Waals surface area (Å²) in [6.45, 7) is 2.91. The number of amides is 2. The highest BCUT2D eigenvalue weighted by Gasteiger charge is 2.35. The van der Waals surface area contributed by atoms with Crippen LogP contribution >= 0.6 is 0 Å². The van der Waals surface area contributed by atoms with Gasteiger partial charge in [0.25, 0.3) is 0 Å². The summed E-state index contributed by atoms with van der Waals surface area (Å²) in [5.74, 6) is 1.76. The first kappa shape index (κ1) is 11.8. The van der Waals surface area contributed by atoms with Crippen molar-refractivity contribution < 1.29 is 4.79 Å². The minimum atomic E-state index is 0.0303. The number of nitrogens with one attached hydrogen (secondary N) is 2. The van der Waals surface area contributed by atoms with Crippen LogP contribution in [0.2, 0.25) is 0 Å². The number of carbonyl (C=O) groups is 1. The van der Waals surface area contributed by atoms with Gasteiger partial charge in [-0.1, -0.05) is 0 Å². The maximum absolute atomic E-state index is 11.5. The van der Waals surface area contributed by atoms with Crippen molar-refractivity contribution in [3.8, 4) is 0 Å². The normalized spacial score (nSPS) is 22.2. The molecule has 0 saturated carbocycles. The van der Waals surface area contributed by atoms with Crippen molar-refractivity contribution >= 4 is 23.6 Å². The Morgan fingerprint density at radius 1 is 1.47 bits per heavy atom. The first-order chi connectivity index (χ1) is 9.17. The summed E-state index contributed by atoms with van der Waals surface area (Å²) in [6, 6.07) is 2.11. The van der Waals surface area contributed by atoms with Gasteiger partial charge in [-0.3, -0.25) is 0 Å². The second-order valence-electron chi connectivity index (χ2n) is 4.70. The first-order valence-corrected chi connectivity index (χ1v) is 6.29. The van der Waals surface area contributed by atoms with E-state index in [1.54, 1.807) is 7.05 Å². The Morgan fingerprint density at radius 2 is 2.32 bits per heavy atom. The molecule has 1 atom stereocenters. The van der Waals surface area contributed by atoms with E-state index in [1.165, 1.54) is 0 Å². The third-order valence-electron chi connectivity index (χ3n) is 3.54. The van der Waals surface area contributed by atoms with Crippen LogP contribution in [-0.2, 0) is 0 Å². The highest BCUT2D eigenvalue weighted by molar-refractivity contribution is 5.77. The molecule has 0 aromatic carbocycles. The van der Waals surface area contributed by atoms with Gasteiger partial charge in [-0.2, -0.15) is 9.97 Å². The van der Waals surface area contributed by atoms with E-state index in [0.717, 1.165) is 18.9 Å². The van der Waals surface area contributed by atoms with Crippen LogP contribution in [0.1, 0.15) is 0 Å². The fourth-order valence-electron chi connectivity index (χ4n) is 2.55. The van der Waals surface area contributed by atoms with E-state index in [4.69, 9.17) is 5.73 Å². The van der Waals surface area contributed by atoms with Crippen molar-refractivity contribution in [2.75, 3.05) is 49.2 Å². The number of nitrogens with zero attached hydrogens (tertiary/aromatic N) is 4. The van der Waals surface area contributed by atoms with Gasteiger partial charge in [-0.05, 0) is 0 Å². The second-order valence-corrected chi connectivity index (χ2v) is 4.70. The molecular formula is C11H17N7O. The molecule has 0 spiro atoms. The minimum absolute atomic E-state index is 0.0303. The zero-order valence-electron chi connectivity index (χ0n) is 10.8. The fraction of sp³-hybridized carbons (Fsp3) is 0.545. The molecule has 3 heterocycles. The molecule has 19 heavy (non-hydrogen) atoms. The fourth-order valence-corrected chi connectivity index (χ4v) is 2.55. The van der Waals surface area contributed by atoms with E-state index in [-0.39, 0.29) is 18.0 Å². The van der Waals surface area contributed by atoms with Crippen LogP contribution in [0.3, 0.4) is 0 Å². The lowest BCUT2D eigenvalue weighted by molar-refractivity contribution is 0.197. The lowest BCUT2D eigenvalue weighted by Gasteiger charge is -2.37. The number of rotatable bonds is 2. The van der Waals surface area contributed by atoms with Crippen molar-refractivity contribution in [3.63, 3.8) is 0 Å². The molecule has 0 radical (unpaired) electrons. The quantitative estimate of drug-likeness (QED) is 0.653. The molecule has 2 aliphatic rings. The van der Waals surface area contributed by atoms with Gasteiger partial charge in [0.2, 0.25) is 5.95 Å². The molecule has 0 bridgehead atoms. The van der Waals surface area contributed by atoms with Crippen molar-refractivity contribution in [1.29, 1.82) is 0 Å². The van der Waals surface area contributed by atoms with E-state index in [0.29, 0.717) is 18.9 Å². The molecule has 4 N–H and O–H groups in total. The van der Waals surface area contributed by atoms with Gasteiger partial charge in [0.1, 0.15) is 11.6 Å². The molecule has 3 rings (SSSR count). The molecular weight excluding hydrogens is 246 g/mol. The summed E-state index contributed by atoms with van der Waals surface area (Å²) in [5, 5.41) is 5.82. The zero-order valence-corrected chi connectivity index (χ0v) is 10.8. The molecule has 102 valence electrons. The molecule has 2 aliphatic heterocycles. The average molecular weight is 263 g/mol. The second kappa shape index (κ2) is 4.45. The summed E-state index contributed by atoms with van der Waals surface area (Å²) < 4.78 is 0. The van der Waals surface area contributed by atoms with E-state index >= 15 is 0 Å². The Morgan fingerprint density at radius 3 is 3.11 bits per heavy atom. The predicted octanol–water partition coefficient (Wildman–Crippen LogP) is -0.686. The van der Waals surface area contributed by atoms with Crippen molar-refractivity contribution in [3.05, 3.63) is 6.07 Å². The number of hydrogen-bond donors (Lipinski definition) is 3. The molecule has 1 unspecified atom stereocenters. The number of nitrogens with two attached hydrogens (primary N) is 1. The van der Waals surface area contributed by atoms with Gasteiger partial charge < -0.3 is 26.2 Å². The van der Waals surface area contributed by atoms with E-state index in [1.807, 2.05) is 11.0 Å². The monoisotopic (exact) mass is 263 g/mol. The summed E-state index contributed by atoms with van der Waals surface area (Å²) in [4.78, 5) is 23.9. The first-order valence-electron chi connectivity index (χ1n) is 6.29. The Labute approximate surface area is 111 Å². The van der Waals surface area contributed by atoms with Crippen molar-refractivity contribution in [2.24, 2.45) is 0 Å². The van der Waals surface area contributed by atoms with Gasteiger partial charge in [-0.15, -0.1) is 0 Å². The van der Waals surface area contributed by atoms with Crippen LogP contribution in [0.15, 0.2) is 6.07 Å². The summed E-state index contributed by atoms with van der Waals surface area (Å²) in [7, 11) is 1.79. The van der Waals surface area contributed by atoms with Crippen LogP contribution in [0.4, 0.5) is 22.4 Å². The SMILES string of the molecule is CNc1cc(N2CCN3C(=O)NCC3C2)nc(N)n1. The highest BCUT2D eigenvalue weighted by atomic mass is 16.2. The lowest BCUT2D eigenvalue weighted by atomic mass is 10.2. The summed E-state index contributed by atoms with van der Waals surface area (Å²) in [5.41, 5.74) is 5.70. The average Bonchev–Trinajstić information content (AvgIpc) is 2.79. The zero-order chi connectivity index (χ0) is 13.4. The summed E-state index contributed by atoms with van der Waals surface area (Å²) in [6.07, 6.45) is 0. The molecule has 1 aromatic heterocycles. The van der Waals surface area contributed by atoms with Crippen LogP contribution in [0, 0.1) is 0 Å². The largest absolute Gasteiger partial charge is 0.373 e. The Hall–Kier alpha value is -2.25. The molecule has 2 fully saturated rings. The number of piperazine rings is 1. The standard InChI is InChI=1S/C11H17N7O/c1-13-8-4-9(16-10(12)15-8)17-2-3-18-7(6-17)5-14-11(18)19/h4,7H,2-3,5-6H2,1H3,(H,14,19)(H3,12,13,15,16). The van der Waals surface area contributed by atoms with Gasteiger partial charge in [0, 0.05) is 39.3 Å². The third-order valence-corrected chi connectivity index (χ3v) is 3.54. The number of carbonyl (C=O) groups excluding carboxylic acids is 1. The topological polar surface area (TPSA) is 99.4 Å². The molecule has 2 saturated heterocycles. The van der Waals surface area contributed by atoms with Gasteiger partial charge in [0.05, 0.1) is 6.04 Å². The minimum Gasteiger partial charge on any atom is -0.373 e. The lowest BCUT2D eigenvalue weighted by Crippen LogP contribution is -2.52. The van der Waals surface area contributed by atoms with Gasteiger partial charge >= 0.3 is 6.03 Å². The molecule has 2 amide bonds. The smallest absolute Gasteiger partial charge is 0.317 e. The molecule has 1 aromatic rings. The third kappa shape index (κ3) is 2.09. The predicted molar refractivity (Wildman–Crippen MR) is 72.1 cm³/mol. The number of urea groups is 1. The number of anilines is 3. The molecule has 8 heteroatoms. The number of hydrogen-bond acceptors (Lipinski definition) is 6. The Balaban J connectivity index is 1.80. The van der Waals surface area contributed by atoms with Crippen LogP contribution in [-0.4, -0.2) is 60.2 Å². The highest BCUT2D eigenvalue weighted by Crippen LogP contribution is 2.22. The van der Waals surface area contributed by atoms with E-state index < -0.39 is 0 Å². The Kier molecular flexibility index (Phi) is 2.77. The maximum atomic E-state index is 11.5. The van der Waals surface area contributed by atoms with E-state index in [9.17, 15) is 4.79 Å².